The van der Waals surface area contributed by atoms with E-state index in [1.54, 1.807) is 30.3 Å². The molecule has 1 saturated heterocycles. The number of aliphatic hydroxyl groups excluding tert-OH is 4. The van der Waals surface area contributed by atoms with Crippen LogP contribution in [0.5, 0.6) is 0 Å². The number of carbonyl (C=O) groups is 1. The molecule has 2 rings (SSSR count). The van der Waals surface area contributed by atoms with Crippen molar-refractivity contribution in [2.24, 2.45) is 4.40 Å². The Kier molecular flexibility index (Phi) is 10.5. The lowest BCUT2D eigenvalue weighted by Gasteiger charge is -2.39. The van der Waals surface area contributed by atoms with Gasteiger partial charge in [-0.1, -0.05) is 30.0 Å². The monoisotopic (exact) mass is 493 g/mol. The van der Waals surface area contributed by atoms with Crippen molar-refractivity contribution in [3.63, 3.8) is 0 Å². The molecule has 5 N–H and O–H groups in total. The largest absolute Gasteiger partial charge is 0.462 e. The van der Waals surface area contributed by atoms with Crippen molar-refractivity contribution in [1.82, 2.24) is 0 Å². The normalized spacial score (nSPS) is 26.7. The summed E-state index contributed by atoms with van der Waals surface area (Å²) in [4.78, 5) is 11.9. The number of benzene rings is 1. The maximum absolute atomic E-state index is 11.9. The van der Waals surface area contributed by atoms with Crippen molar-refractivity contribution in [3.05, 3.63) is 35.9 Å². The van der Waals surface area contributed by atoms with Gasteiger partial charge in [-0.25, -0.2) is 4.79 Å². The second kappa shape index (κ2) is 12.6. The van der Waals surface area contributed by atoms with E-state index in [4.69, 9.17) is 14.0 Å². The molecule has 32 heavy (non-hydrogen) atoms. The van der Waals surface area contributed by atoms with E-state index in [9.17, 15) is 33.6 Å². The Hall–Kier alpha value is -1.58. The molecule has 0 bridgehead atoms. The number of nitrogens with zero attached hydrogens (tertiary/aromatic N) is 1. The maximum atomic E-state index is 11.9. The molecule has 0 saturated carbocycles. The number of unbranched alkanes of at least 4 members (excludes halogenated alkanes) is 2. The molecule has 5 atom stereocenters. The number of aliphatic hydroxyl groups is 4. The molecule has 0 amide bonds. The van der Waals surface area contributed by atoms with E-state index >= 15 is 0 Å². The van der Waals surface area contributed by atoms with Crippen LogP contribution in [0.25, 0.3) is 0 Å². The van der Waals surface area contributed by atoms with Crippen LogP contribution in [0.15, 0.2) is 34.7 Å². The molecule has 1 aromatic rings. The molecule has 1 aromatic carbocycles. The van der Waals surface area contributed by atoms with Gasteiger partial charge in [0.15, 0.2) is 0 Å². The van der Waals surface area contributed by atoms with Crippen LogP contribution in [-0.2, 0) is 19.8 Å². The molecule has 1 aliphatic rings. The number of hydrogen-bond acceptors (Lipinski definition) is 10. The van der Waals surface area contributed by atoms with Crippen molar-refractivity contribution < 1.29 is 47.7 Å². The van der Waals surface area contributed by atoms with E-state index < -0.39 is 52.7 Å². The topological polar surface area (TPSA) is 183 Å². The lowest BCUT2D eigenvalue weighted by atomic mass is 10.0. The van der Waals surface area contributed by atoms with E-state index in [1.807, 2.05) is 0 Å². The van der Waals surface area contributed by atoms with Gasteiger partial charge >= 0.3 is 16.3 Å². The van der Waals surface area contributed by atoms with Crippen LogP contribution in [-0.4, -0.2) is 87.5 Å². The van der Waals surface area contributed by atoms with Crippen LogP contribution >= 0.6 is 11.8 Å². The van der Waals surface area contributed by atoms with E-state index in [2.05, 4.69) is 4.40 Å². The lowest BCUT2D eigenvalue weighted by Crippen LogP contribution is -2.57. The zero-order valence-electron chi connectivity index (χ0n) is 17.1. The molecular weight excluding hydrogens is 466 g/mol. The van der Waals surface area contributed by atoms with Crippen LogP contribution in [0.2, 0.25) is 0 Å². The molecule has 0 radical (unpaired) electrons. The van der Waals surface area contributed by atoms with Gasteiger partial charge in [-0.15, -0.1) is 4.40 Å². The summed E-state index contributed by atoms with van der Waals surface area (Å²) in [5.41, 5.74) is -0.788. The lowest BCUT2D eigenvalue weighted by molar-refractivity contribution is -0.205. The fraction of sp³-hybridized carbons (Fsp3) is 0.579. The molecule has 13 heteroatoms. The van der Waals surface area contributed by atoms with E-state index in [1.165, 1.54) is 0 Å². The van der Waals surface area contributed by atoms with Crippen molar-refractivity contribution in [2.45, 2.75) is 55.5 Å². The third-order valence-electron chi connectivity index (χ3n) is 4.60. The minimum Gasteiger partial charge on any atom is -0.462 e. The first-order chi connectivity index (χ1) is 15.1. The van der Waals surface area contributed by atoms with Gasteiger partial charge in [0.1, 0.15) is 29.9 Å². The zero-order chi connectivity index (χ0) is 23.7. The van der Waals surface area contributed by atoms with Gasteiger partial charge in [0, 0.05) is 0 Å². The number of hydrogen-bond donors (Lipinski definition) is 5. The van der Waals surface area contributed by atoms with Crippen LogP contribution in [0.3, 0.4) is 0 Å². The first-order valence-electron chi connectivity index (χ1n) is 9.88. The average Bonchev–Trinajstić information content (AvgIpc) is 2.75. The highest BCUT2D eigenvalue weighted by Gasteiger charge is 2.44. The molecule has 0 aromatic heterocycles. The van der Waals surface area contributed by atoms with Gasteiger partial charge in [-0.2, -0.15) is 8.42 Å². The Bertz CT molecular complexity index is 862. The smallest absolute Gasteiger partial charge is 0.379 e. The van der Waals surface area contributed by atoms with Crippen molar-refractivity contribution in [1.29, 1.82) is 0 Å². The number of ether oxygens (including phenoxy) is 2. The fourth-order valence-corrected chi connectivity index (χ4v) is 4.76. The van der Waals surface area contributed by atoms with Gasteiger partial charge in [0.2, 0.25) is 0 Å². The Labute approximate surface area is 190 Å². The molecule has 180 valence electrons. The SMILES string of the molecule is O=C(OCCCCC/C(=N\S(=O)(=O)O)S[C@@H]1O[C@H](CO)[C@@H](O)[C@H](O)[C@H]1O)c1ccccc1. The molecule has 1 aliphatic heterocycles. The standard InChI is InChI=1S/C19H27NO10S2/c21-11-13-15(22)16(23)17(24)19(30-13)31-14(20-32(26,27)28)9-5-2-6-10-29-18(25)12-7-3-1-4-8-12/h1,3-4,7-8,13,15-17,19,21-24H,2,5-6,9-11H2,(H,26,27,28)/b20-14+/t13-,15-,16+,17-,19+/m1/s1. The second-order valence-corrected chi connectivity index (χ2v) is 9.31. The summed E-state index contributed by atoms with van der Waals surface area (Å²) in [6, 6.07) is 8.50. The highest BCUT2D eigenvalue weighted by atomic mass is 32.2. The van der Waals surface area contributed by atoms with Crippen molar-refractivity contribution in [2.75, 3.05) is 13.2 Å². The first kappa shape index (κ1) is 26.7. The molecule has 0 unspecified atom stereocenters. The summed E-state index contributed by atoms with van der Waals surface area (Å²) in [7, 11) is -4.72. The second-order valence-electron chi connectivity index (χ2n) is 7.06. The minimum atomic E-state index is -4.72. The third kappa shape index (κ3) is 8.41. The Morgan fingerprint density at radius 2 is 1.75 bits per heavy atom. The molecule has 1 heterocycles. The van der Waals surface area contributed by atoms with Gasteiger partial charge in [0.25, 0.3) is 0 Å². The number of carbonyl (C=O) groups excluding carboxylic acids is 1. The predicted molar refractivity (Wildman–Crippen MR) is 116 cm³/mol. The molecule has 1 fully saturated rings. The van der Waals surface area contributed by atoms with Crippen molar-refractivity contribution >= 4 is 33.1 Å². The fourth-order valence-electron chi connectivity index (χ4n) is 2.93. The van der Waals surface area contributed by atoms with Gasteiger partial charge in [-0.3, -0.25) is 4.55 Å². The Morgan fingerprint density at radius 1 is 1.06 bits per heavy atom. The summed E-state index contributed by atoms with van der Waals surface area (Å²) in [6.07, 6.45) is -4.35. The summed E-state index contributed by atoms with van der Waals surface area (Å²) in [5.74, 6) is -0.447. The van der Waals surface area contributed by atoms with Gasteiger partial charge in [-0.05, 0) is 37.8 Å². The van der Waals surface area contributed by atoms with E-state index in [0.717, 1.165) is 0 Å². The minimum absolute atomic E-state index is 0.0851. The van der Waals surface area contributed by atoms with Gasteiger partial charge in [0.05, 0.1) is 23.8 Å². The predicted octanol–water partition coefficient (Wildman–Crippen LogP) is 0.138. The van der Waals surface area contributed by atoms with E-state index in [-0.39, 0.29) is 18.1 Å². The maximum Gasteiger partial charge on any atom is 0.379 e. The highest BCUT2D eigenvalue weighted by molar-refractivity contribution is 8.14. The Balaban J connectivity index is 1.85. The number of thioether (sulfide) groups is 1. The highest BCUT2D eigenvalue weighted by Crippen LogP contribution is 2.31. The Morgan fingerprint density at radius 3 is 2.38 bits per heavy atom. The summed E-state index contributed by atoms with van der Waals surface area (Å²) < 4.78 is 45.2. The molecular formula is C19H27NO10S2. The van der Waals surface area contributed by atoms with E-state index in [0.29, 0.717) is 36.6 Å². The quantitative estimate of drug-likeness (QED) is 0.0982. The number of rotatable bonds is 10. The molecule has 11 nitrogen and oxygen atoms in total. The zero-order valence-corrected chi connectivity index (χ0v) is 18.7. The molecule has 0 aliphatic carbocycles. The summed E-state index contributed by atoms with van der Waals surface area (Å²) >= 11 is 0.663. The first-order valence-corrected chi connectivity index (χ1v) is 12.2. The summed E-state index contributed by atoms with van der Waals surface area (Å²) in [5, 5.41) is 39.0. The molecule has 0 spiro atoms. The van der Waals surface area contributed by atoms with Crippen LogP contribution in [0, 0.1) is 0 Å². The van der Waals surface area contributed by atoms with Crippen molar-refractivity contribution in [3.8, 4) is 0 Å². The van der Waals surface area contributed by atoms with Crippen LogP contribution in [0.4, 0.5) is 0 Å². The number of esters is 1. The van der Waals surface area contributed by atoms with Gasteiger partial charge < -0.3 is 29.9 Å². The summed E-state index contributed by atoms with van der Waals surface area (Å²) in [6.45, 7) is -0.465. The average molecular weight is 494 g/mol. The third-order valence-corrected chi connectivity index (χ3v) is 6.35. The van der Waals surface area contributed by atoms with Crippen LogP contribution in [0.1, 0.15) is 36.0 Å². The van der Waals surface area contributed by atoms with Crippen LogP contribution < -0.4 is 0 Å².